The number of aryl methyl sites for hydroxylation is 1. The lowest BCUT2D eigenvalue weighted by atomic mass is 9.84. The number of rotatable bonds is 3. The number of carbonyl (C=O) groups is 1. The van der Waals surface area contributed by atoms with Crippen LogP contribution in [0.25, 0.3) is 0 Å². The van der Waals surface area contributed by atoms with E-state index in [0.29, 0.717) is 18.2 Å². The molecule has 146 valence electrons. The maximum Gasteiger partial charge on any atom is 0.280 e. The molecule has 1 aliphatic carbocycles. The molecule has 28 heavy (non-hydrogen) atoms. The minimum Gasteiger partial charge on any atom is -0.318 e. The molecule has 1 unspecified atom stereocenters. The summed E-state index contributed by atoms with van der Waals surface area (Å²) in [6.45, 7) is 3.48. The van der Waals surface area contributed by atoms with E-state index in [1.165, 1.54) is 37.7 Å². The highest BCUT2D eigenvalue weighted by molar-refractivity contribution is 6.17. The van der Waals surface area contributed by atoms with Crippen LogP contribution < -0.4 is 4.90 Å². The number of anilines is 1. The summed E-state index contributed by atoms with van der Waals surface area (Å²) in [6.07, 6.45) is 6.45. The zero-order chi connectivity index (χ0) is 19.3. The van der Waals surface area contributed by atoms with Gasteiger partial charge in [0, 0.05) is 13.6 Å². The van der Waals surface area contributed by atoms with Crippen LogP contribution in [0, 0.1) is 12.8 Å². The van der Waals surface area contributed by atoms with Crippen LogP contribution in [0.2, 0.25) is 0 Å². The number of hydrogen-bond donors (Lipinski definition) is 0. The molecule has 5 rings (SSSR count). The first-order valence-electron chi connectivity index (χ1n) is 10.4. The average molecular weight is 377 g/mol. The molecule has 1 aromatic carbocycles. The Morgan fingerprint density at radius 3 is 2.61 bits per heavy atom. The zero-order valence-corrected chi connectivity index (χ0v) is 16.6. The Labute approximate surface area is 165 Å². The fourth-order valence-corrected chi connectivity index (χ4v) is 4.91. The van der Waals surface area contributed by atoms with Crippen molar-refractivity contribution in [3.05, 3.63) is 47.4 Å². The van der Waals surface area contributed by atoms with Gasteiger partial charge in [-0.3, -0.25) is 14.6 Å². The van der Waals surface area contributed by atoms with Crippen molar-refractivity contribution < 1.29 is 4.79 Å². The van der Waals surface area contributed by atoms with E-state index in [0.717, 1.165) is 24.1 Å². The third kappa shape index (κ3) is 2.74. The fourth-order valence-electron chi connectivity index (χ4n) is 4.91. The predicted octanol–water partition coefficient (Wildman–Crippen LogP) is 3.45. The first kappa shape index (κ1) is 17.5. The van der Waals surface area contributed by atoms with E-state index < -0.39 is 0 Å². The molecule has 3 heterocycles. The highest BCUT2D eigenvalue weighted by Crippen LogP contribution is 2.36. The molecular formula is C22H27N5O. The standard InChI is InChI=1S/C22H27N5O/c1-15-23-20-19(26(15)13-16-9-5-3-6-10-16)21(28)25(2)22-24-18(14-27(20)22)17-11-7-4-8-12-17/h3,5-6,9-10,17-18H,4,7-8,11-14H2,1-2H3. The number of nitrogens with zero attached hydrogens (tertiary/aromatic N) is 5. The van der Waals surface area contributed by atoms with E-state index >= 15 is 0 Å². The molecule has 2 aromatic rings. The number of hydrogen-bond acceptors (Lipinski definition) is 4. The summed E-state index contributed by atoms with van der Waals surface area (Å²) in [7, 11) is 1.84. The number of benzene rings is 1. The maximum atomic E-state index is 13.2. The first-order chi connectivity index (χ1) is 13.6. The number of imidazole rings is 1. The van der Waals surface area contributed by atoms with Crippen LogP contribution in [-0.2, 0) is 6.54 Å². The van der Waals surface area contributed by atoms with Crippen molar-refractivity contribution in [3.8, 4) is 0 Å². The zero-order valence-electron chi connectivity index (χ0n) is 16.6. The molecule has 3 aliphatic rings. The second-order valence-electron chi connectivity index (χ2n) is 8.27. The summed E-state index contributed by atoms with van der Waals surface area (Å²) in [5, 5.41) is 0. The summed E-state index contributed by atoms with van der Waals surface area (Å²) in [4.78, 5) is 26.9. The highest BCUT2D eigenvalue weighted by Gasteiger charge is 2.43. The Hall–Kier alpha value is -2.63. The third-order valence-electron chi connectivity index (χ3n) is 6.47. The Bertz CT molecular complexity index is 926. The van der Waals surface area contributed by atoms with Crippen LogP contribution in [0.3, 0.4) is 0 Å². The van der Waals surface area contributed by atoms with E-state index in [9.17, 15) is 4.79 Å². The molecule has 6 heteroatoms. The van der Waals surface area contributed by atoms with Gasteiger partial charge in [-0.25, -0.2) is 9.98 Å². The number of carbonyl (C=O) groups excluding carboxylic acids is 1. The maximum absolute atomic E-state index is 13.2. The smallest absolute Gasteiger partial charge is 0.280 e. The lowest BCUT2D eigenvalue weighted by Crippen LogP contribution is -2.49. The van der Waals surface area contributed by atoms with Gasteiger partial charge in [0.05, 0.1) is 12.6 Å². The van der Waals surface area contributed by atoms with Gasteiger partial charge in [-0.2, -0.15) is 0 Å². The second kappa shape index (κ2) is 6.76. The van der Waals surface area contributed by atoms with Crippen LogP contribution in [0.4, 0.5) is 5.82 Å². The van der Waals surface area contributed by atoms with E-state index in [2.05, 4.69) is 17.0 Å². The van der Waals surface area contributed by atoms with Gasteiger partial charge >= 0.3 is 0 Å². The molecular weight excluding hydrogens is 350 g/mol. The Balaban J connectivity index is 1.50. The average Bonchev–Trinajstić information content (AvgIpc) is 3.30. The molecule has 0 spiro atoms. The Morgan fingerprint density at radius 2 is 1.86 bits per heavy atom. The molecule has 1 fully saturated rings. The summed E-state index contributed by atoms with van der Waals surface area (Å²) >= 11 is 0. The first-order valence-corrected chi connectivity index (χ1v) is 10.4. The van der Waals surface area contributed by atoms with E-state index in [1.54, 1.807) is 4.90 Å². The van der Waals surface area contributed by atoms with Crippen molar-refractivity contribution >= 4 is 17.7 Å². The molecule has 6 nitrogen and oxygen atoms in total. The number of aliphatic imine (C=N–C) groups is 1. The monoisotopic (exact) mass is 377 g/mol. The number of aromatic nitrogens is 2. The molecule has 0 N–H and O–H groups in total. The Kier molecular flexibility index (Phi) is 4.22. The van der Waals surface area contributed by atoms with Gasteiger partial charge in [0.15, 0.2) is 11.5 Å². The van der Waals surface area contributed by atoms with Crippen molar-refractivity contribution in [2.24, 2.45) is 10.9 Å². The van der Waals surface area contributed by atoms with Crippen molar-refractivity contribution in [2.45, 2.75) is 51.6 Å². The van der Waals surface area contributed by atoms with Gasteiger partial charge in [-0.15, -0.1) is 0 Å². The topological polar surface area (TPSA) is 53.7 Å². The van der Waals surface area contributed by atoms with Gasteiger partial charge in [0.1, 0.15) is 5.82 Å². The predicted molar refractivity (Wildman–Crippen MR) is 110 cm³/mol. The van der Waals surface area contributed by atoms with Crippen LogP contribution >= 0.6 is 0 Å². The van der Waals surface area contributed by atoms with Crippen molar-refractivity contribution in [1.29, 1.82) is 0 Å². The van der Waals surface area contributed by atoms with Gasteiger partial charge in [-0.1, -0.05) is 49.6 Å². The van der Waals surface area contributed by atoms with Crippen molar-refractivity contribution in [3.63, 3.8) is 0 Å². The van der Waals surface area contributed by atoms with Crippen LogP contribution in [0.5, 0.6) is 0 Å². The summed E-state index contributed by atoms with van der Waals surface area (Å²) in [5.41, 5.74) is 1.86. The SMILES string of the molecule is Cc1nc2c(n1Cc1ccccc1)C(=O)N(C)C1=NC(C3CCCCC3)CN12. The van der Waals surface area contributed by atoms with Crippen molar-refractivity contribution in [2.75, 3.05) is 18.5 Å². The van der Waals surface area contributed by atoms with E-state index in [-0.39, 0.29) is 11.9 Å². The van der Waals surface area contributed by atoms with Gasteiger partial charge in [0.25, 0.3) is 5.91 Å². The highest BCUT2D eigenvalue weighted by atomic mass is 16.2. The molecule has 0 bridgehead atoms. The van der Waals surface area contributed by atoms with Crippen LogP contribution in [0.15, 0.2) is 35.3 Å². The van der Waals surface area contributed by atoms with E-state index in [1.807, 2.05) is 36.7 Å². The molecule has 2 aliphatic heterocycles. The van der Waals surface area contributed by atoms with Crippen LogP contribution in [0.1, 0.15) is 54.0 Å². The number of guanidine groups is 1. The van der Waals surface area contributed by atoms with Gasteiger partial charge in [-0.05, 0) is 31.2 Å². The van der Waals surface area contributed by atoms with Gasteiger partial charge in [0.2, 0.25) is 5.96 Å². The summed E-state index contributed by atoms with van der Waals surface area (Å²) < 4.78 is 2.05. The molecule has 0 saturated heterocycles. The summed E-state index contributed by atoms with van der Waals surface area (Å²) in [6, 6.07) is 10.5. The van der Waals surface area contributed by atoms with Crippen LogP contribution in [-0.4, -0.2) is 46.0 Å². The lowest BCUT2D eigenvalue weighted by molar-refractivity contribution is 0.0855. The molecule has 1 atom stereocenters. The molecule has 0 radical (unpaired) electrons. The second-order valence-corrected chi connectivity index (χ2v) is 8.27. The summed E-state index contributed by atoms with van der Waals surface area (Å²) in [5.74, 6) is 3.06. The number of amides is 1. The molecule has 1 aromatic heterocycles. The largest absolute Gasteiger partial charge is 0.318 e. The Morgan fingerprint density at radius 1 is 1.11 bits per heavy atom. The fraction of sp³-hybridized carbons (Fsp3) is 0.500. The minimum absolute atomic E-state index is 0.00850. The van der Waals surface area contributed by atoms with Gasteiger partial charge < -0.3 is 4.57 Å². The van der Waals surface area contributed by atoms with E-state index in [4.69, 9.17) is 9.98 Å². The minimum atomic E-state index is -0.00850. The molecule has 1 saturated carbocycles. The van der Waals surface area contributed by atoms with Crippen molar-refractivity contribution in [1.82, 2.24) is 14.5 Å². The quantitative estimate of drug-likeness (QED) is 0.823. The lowest BCUT2D eigenvalue weighted by Gasteiger charge is -2.31. The number of fused-ring (bicyclic) bond motifs is 3. The normalized spacial score (nSPS) is 22.3. The molecule has 1 amide bonds. The third-order valence-corrected chi connectivity index (χ3v) is 6.47.